The van der Waals surface area contributed by atoms with Crippen LogP contribution in [0.15, 0.2) is 30.3 Å². The van der Waals surface area contributed by atoms with Gasteiger partial charge in [-0.15, -0.1) is 0 Å². The molecule has 1 aromatic rings. The lowest BCUT2D eigenvalue weighted by molar-refractivity contribution is -0.146. The van der Waals surface area contributed by atoms with Crippen molar-refractivity contribution in [2.75, 3.05) is 26.2 Å². The number of benzene rings is 1. The SMILES string of the molecule is CC(=O)N1CCC(C(=O)N2CC[C@@]34O[C@H](c5ccccc5)CN3C(=O)C[C@@H]24)CC1. The van der Waals surface area contributed by atoms with Crippen LogP contribution >= 0.6 is 0 Å². The van der Waals surface area contributed by atoms with Gasteiger partial charge in [0, 0.05) is 38.9 Å². The average molecular weight is 397 g/mol. The minimum absolute atomic E-state index is 0.0689. The van der Waals surface area contributed by atoms with Gasteiger partial charge in [0.05, 0.1) is 19.0 Å². The molecule has 7 heteroatoms. The predicted molar refractivity (Wildman–Crippen MR) is 104 cm³/mol. The first-order valence-corrected chi connectivity index (χ1v) is 10.6. The van der Waals surface area contributed by atoms with Crippen molar-refractivity contribution in [3.63, 3.8) is 0 Å². The molecule has 0 unspecified atom stereocenters. The number of carbonyl (C=O) groups excluding carboxylic acids is 3. The fourth-order valence-corrected chi connectivity index (χ4v) is 5.61. The second-order valence-corrected chi connectivity index (χ2v) is 8.65. The zero-order valence-corrected chi connectivity index (χ0v) is 16.8. The molecule has 0 aromatic heterocycles. The summed E-state index contributed by atoms with van der Waals surface area (Å²) in [7, 11) is 0. The monoisotopic (exact) mass is 397 g/mol. The highest BCUT2D eigenvalue weighted by Crippen LogP contribution is 2.51. The standard InChI is InChI=1S/C22H27N3O4/c1-15(26)23-10-7-17(8-11-23)21(28)24-12-9-22-19(24)13-20(27)25(22)14-18(29-22)16-5-3-2-4-6-16/h2-6,17-19H,7-14H2,1H3/t18-,19+,22-/m0/s1. The molecule has 4 saturated heterocycles. The van der Waals surface area contributed by atoms with Gasteiger partial charge in [0.1, 0.15) is 6.10 Å². The molecule has 0 saturated carbocycles. The molecule has 4 aliphatic rings. The summed E-state index contributed by atoms with van der Waals surface area (Å²) >= 11 is 0. The first kappa shape index (κ1) is 18.6. The van der Waals surface area contributed by atoms with Crippen LogP contribution in [0.4, 0.5) is 0 Å². The molecule has 4 aliphatic heterocycles. The molecule has 5 rings (SSSR count). The van der Waals surface area contributed by atoms with Gasteiger partial charge >= 0.3 is 0 Å². The van der Waals surface area contributed by atoms with E-state index in [-0.39, 0.29) is 35.8 Å². The Kier molecular flexibility index (Phi) is 4.38. The van der Waals surface area contributed by atoms with E-state index in [2.05, 4.69) is 0 Å². The predicted octanol–water partition coefficient (Wildman–Crippen LogP) is 1.55. The van der Waals surface area contributed by atoms with Gasteiger partial charge < -0.3 is 19.4 Å². The molecule has 3 amide bonds. The molecular weight excluding hydrogens is 370 g/mol. The summed E-state index contributed by atoms with van der Waals surface area (Å²) in [6.45, 7) is 4.02. The van der Waals surface area contributed by atoms with E-state index in [0.29, 0.717) is 51.9 Å². The number of likely N-dealkylation sites (tertiary alicyclic amines) is 2. The molecule has 0 bridgehead atoms. The normalized spacial score (nSPS) is 31.9. The maximum absolute atomic E-state index is 13.3. The first-order valence-electron chi connectivity index (χ1n) is 10.6. The topological polar surface area (TPSA) is 70.2 Å². The van der Waals surface area contributed by atoms with E-state index in [0.717, 1.165) is 5.56 Å². The Hall–Kier alpha value is -2.41. The van der Waals surface area contributed by atoms with Crippen molar-refractivity contribution in [3.8, 4) is 0 Å². The molecule has 29 heavy (non-hydrogen) atoms. The zero-order valence-electron chi connectivity index (χ0n) is 16.8. The number of ether oxygens (including phenoxy) is 1. The van der Waals surface area contributed by atoms with E-state index in [4.69, 9.17) is 4.74 Å². The van der Waals surface area contributed by atoms with Gasteiger partial charge in [-0.1, -0.05) is 30.3 Å². The maximum atomic E-state index is 13.3. The quantitative estimate of drug-likeness (QED) is 0.759. The third-order valence-corrected chi connectivity index (χ3v) is 7.17. The molecule has 0 radical (unpaired) electrons. The third kappa shape index (κ3) is 2.86. The Bertz CT molecular complexity index is 836. The van der Waals surface area contributed by atoms with E-state index < -0.39 is 5.72 Å². The summed E-state index contributed by atoms with van der Waals surface area (Å²) in [5, 5.41) is 0. The number of hydrogen-bond acceptors (Lipinski definition) is 4. The van der Waals surface area contributed by atoms with Gasteiger partial charge in [0.25, 0.3) is 0 Å². The van der Waals surface area contributed by atoms with Crippen molar-refractivity contribution in [1.82, 2.24) is 14.7 Å². The van der Waals surface area contributed by atoms with Crippen LogP contribution in [0.25, 0.3) is 0 Å². The van der Waals surface area contributed by atoms with Crippen LogP contribution in [0.3, 0.4) is 0 Å². The summed E-state index contributed by atoms with van der Waals surface area (Å²) in [5.74, 6) is 0.199. The number of amides is 3. The molecule has 1 aromatic carbocycles. The van der Waals surface area contributed by atoms with Gasteiger partial charge in [0.2, 0.25) is 17.7 Å². The highest BCUT2D eigenvalue weighted by Gasteiger charge is 2.65. The van der Waals surface area contributed by atoms with Crippen molar-refractivity contribution in [3.05, 3.63) is 35.9 Å². The highest BCUT2D eigenvalue weighted by molar-refractivity contribution is 5.86. The summed E-state index contributed by atoms with van der Waals surface area (Å²) in [4.78, 5) is 43.2. The number of carbonyl (C=O) groups is 3. The van der Waals surface area contributed by atoms with Gasteiger partial charge in [-0.2, -0.15) is 0 Å². The minimum Gasteiger partial charge on any atom is -0.343 e. The van der Waals surface area contributed by atoms with Crippen LogP contribution in [0.5, 0.6) is 0 Å². The molecule has 0 N–H and O–H groups in total. The van der Waals surface area contributed by atoms with Crippen LogP contribution in [-0.4, -0.2) is 70.4 Å². The lowest BCUT2D eigenvalue weighted by Gasteiger charge is -2.36. The highest BCUT2D eigenvalue weighted by atomic mass is 16.5. The van der Waals surface area contributed by atoms with Crippen molar-refractivity contribution < 1.29 is 19.1 Å². The Labute approximate surface area is 170 Å². The first-order chi connectivity index (χ1) is 14.0. The molecule has 4 fully saturated rings. The van der Waals surface area contributed by atoms with Crippen molar-refractivity contribution in [1.29, 1.82) is 0 Å². The van der Waals surface area contributed by atoms with Crippen LogP contribution in [-0.2, 0) is 19.1 Å². The molecule has 1 spiro atoms. The molecule has 7 nitrogen and oxygen atoms in total. The zero-order chi connectivity index (χ0) is 20.2. The fourth-order valence-electron chi connectivity index (χ4n) is 5.61. The van der Waals surface area contributed by atoms with Gasteiger partial charge in [-0.3, -0.25) is 14.4 Å². The lowest BCUT2D eigenvalue weighted by Crippen LogP contribution is -2.51. The van der Waals surface area contributed by atoms with Crippen LogP contribution < -0.4 is 0 Å². The summed E-state index contributed by atoms with van der Waals surface area (Å²) in [6.07, 6.45) is 2.26. The molecular formula is C22H27N3O4. The maximum Gasteiger partial charge on any atom is 0.227 e. The van der Waals surface area contributed by atoms with Gasteiger partial charge in [0.15, 0.2) is 5.72 Å². The van der Waals surface area contributed by atoms with Crippen molar-refractivity contribution in [2.24, 2.45) is 5.92 Å². The Morgan fingerprint density at radius 2 is 1.83 bits per heavy atom. The lowest BCUT2D eigenvalue weighted by atomic mass is 9.94. The minimum atomic E-state index is -0.673. The summed E-state index contributed by atoms with van der Waals surface area (Å²) < 4.78 is 6.53. The molecule has 3 atom stereocenters. The average Bonchev–Trinajstić information content (AvgIpc) is 3.37. The summed E-state index contributed by atoms with van der Waals surface area (Å²) in [6, 6.07) is 9.79. The van der Waals surface area contributed by atoms with Crippen LogP contribution in [0, 0.1) is 5.92 Å². The summed E-state index contributed by atoms with van der Waals surface area (Å²) in [5.41, 5.74) is 0.400. The van der Waals surface area contributed by atoms with E-state index >= 15 is 0 Å². The van der Waals surface area contributed by atoms with Crippen molar-refractivity contribution in [2.45, 2.75) is 50.5 Å². The van der Waals surface area contributed by atoms with Gasteiger partial charge in [-0.05, 0) is 18.4 Å². The second-order valence-electron chi connectivity index (χ2n) is 8.65. The Balaban J connectivity index is 1.33. The second kappa shape index (κ2) is 6.83. The number of rotatable bonds is 2. The van der Waals surface area contributed by atoms with Crippen LogP contribution in [0.2, 0.25) is 0 Å². The fraction of sp³-hybridized carbons (Fsp3) is 0.591. The van der Waals surface area contributed by atoms with E-state index in [9.17, 15) is 14.4 Å². The van der Waals surface area contributed by atoms with E-state index in [1.165, 1.54) is 0 Å². The Morgan fingerprint density at radius 1 is 1.10 bits per heavy atom. The third-order valence-electron chi connectivity index (χ3n) is 7.17. The molecule has 154 valence electrons. The smallest absolute Gasteiger partial charge is 0.227 e. The Morgan fingerprint density at radius 3 is 2.52 bits per heavy atom. The molecule has 4 heterocycles. The number of hydrogen-bond donors (Lipinski definition) is 0. The number of piperidine rings is 1. The van der Waals surface area contributed by atoms with Gasteiger partial charge in [-0.25, -0.2) is 0 Å². The number of nitrogens with zero attached hydrogens (tertiary/aromatic N) is 3. The largest absolute Gasteiger partial charge is 0.343 e. The van der Waals surface area contributed by atoms with E-state index in [1.807, 2.05) is 40.1 Å². The van der Waals surface area contributed by atoms with Crippen LogP contribution in [0.1, 0.15) is 44.3 Å². The van der Waals surface area contributed by atoms with E-state index in [1.54, 1.807) is 11.8 Å². The van der Waals surface area contributed by atoms with Crippen molar-refractivity contribution >= 4 is 17.7 Å². The molecule has 0 aliphatic carbocycles.